The molecule has 0 amide bonds. The number of ether oxygens (including phenoxy) is 2. The summed E-state index contributed by atoms with van der Waals surface area (Å²) in [5.74, 6) is 3.20. The van der Waals surface area contributed by atoms with Crippen LogP contribution in [0.5, 0.6) is 0 Å². The number of Topliss-reactive ketones (excluding diaryl/α,β-unsaturated/α-hetero) is 1. The van der Waals surface area contributed by atoms with Crippen molar-refractivity contribution in [2.24, 2.45) is 34.5 Å². The largest absolute Gasteiger partial charge is 0.347 e. The van der Waals surface area contributed by atoms with Gasteiger partial charge in [0.25, 0.3) is 0 Å². The zero-order valence-corrected chi connectivity index (χ0v) is 17.0. The van der Waals surface area contributed by atoms with Crippen LogP contribution in [0.4, 0.5) is 0 Å². The maximum absolute atomic E-state index is 12.7. The van der Waals surface area contributed by atoms with E-state index in [-0.39, 0.29) is 11.2 Å². The van der Waals surface area contributed by atoms with Gasteiger partial charge < -0.3 is 9.47 Å². The van der Waals surface area contributed by atoms with Crippen LogP contribution in [-0.4, -0.2) is 24.8 Å². The summed E-state index contributed by atoms with van der Waals surface area (Å²) in [5, 5.41) is 0. The highest BCUT2D eigenvalue weighted by molar-refractivity contribution is 5.87. The molecule has 5 fully saturated rings. The summed E-state index contributed by atoms with van der Waals surface area (Å²) in [5.41, 5.74) is 3.80. The second-order valence-corrected chi connectivity index (χ2v) is 11.0. The summed E-state index contributed by atoms with van der Waals surface area (Å²) in [6.07, 6.45) is 11.6. The lowest BCUT2D eigenvalue weighted by molar-refractivity contribution is -0.185. The van der Waals surface area contributed by atoms with Crippen LogP contribution >= 0.6 is 0 Å². The fourth-order valence-corrected chi connectivity index (χ4v) is 8.15. The Labute approximate surface area is 163 Å². The number of ketones is 1. The fourth-order valence-electron chi connectivity index (χ4n) is 8.15. The highest BCUT2D eigenvalue weighted by atomic mass is 16.7. The van der Waals surface area contributed by atoms with Crippen LogP contribution in [0, 0.1) is 34.5 Å². The van der Waals surface area contributed by atoms with Crippen molar-refractivity contribution in [3.05, 3.63) is 11.1 Å². The van der Waals surface area contributed by atoms with Crippen molar-refractivity contribution < 1.29 is 14.3 Å². The first-order valence-electron chi connectivity index (χ1n) is 11.5. The van der Waals surface area contributed by atoms with E-state index in [1.807, 2.05) is 0 Å². The van der Waals surface area contributed by atoms with E-state index in [2.05, 4.69) is 13.8 Å². The Kier molecular flexibility index (Phi) is 3.49. The molecule has 0 aromatic rings. The van der Waals surface area contributed by atoms with Crippen molar-refractivity contribution in [1.29, 1.82) is 0 Å². The summed E-state index contributed by atoms with van der Waals surface area (Å²) < 4.78 is 12.3. The van der Waals surface area contributed by atoms with E-state index in [0.717, 1.165) is 63.1 Å². The van der Waals surface area contributed by atoms with Crippen molar-refractivity contribution >= 4 is 5.78 Å². The van der Waals surface area contributed by atoms with Crippen LogP contribution < -0.4 is 0 Å². The van der Waals surface area contributed by atoms with Gasteiger partial charge in [0.15, 0.2) is 5.79 Å². The number of hydrogen-bond acceptors (Lipinski definition) is 3. The topological polar surface area (TPSA) is 35.5 Å². The number of carbonyl (C=O) groups is 1. The summed E-state index contributed by atoms with van der Waals surface area (Å²) in [6, 6.07) is 0. The predicted octanol–water partition coefficient (Wildman–Crippen LogP) is 5.04. The molecule has 1 heterocycles. The van der Waals surface area contributed by atoms with Gasteiger partial charge >= 0.3 is 0 Å². The monoisotopic (exact) mass is 370 g/mol. The quantitative estimate of drug-likeness (QED) is 0.607. The standard InChI is InChI=1S/C24H34O3/c1-22-9-10-24(26-11-12-27-24)14-20(22)16(15-3-4-15)13-17-18-5-6-21(25)23(18,2)8-7-19(17)22/h15,17-19H,3-14H2,1-2H3. The minimum absolute atomic E-state index is 0.0166. The molecule has 5 unspecified atom stereocenters. The highest BCUT2D eigenvalue weighted by Crippen LogP contribution is 2.68. The Morgan fingerprint density at radius 2 is 1.63 bits per heavy atom. The summed E-state index contributed by atoms with van der Waals surface area (Å²) in [6.45, 7) is 6.40. The van der Waals surface area contributed by atoms with Gasteiger partial charge in [-0.1, -0.05) is 25.0 Å². The zero-order chi connectivity index (χ0) is 18.4. The third-order valence-electron chi connectivity index (χ3n) is 9.85. The van der Waals surface area contributed by atoms with Gasteiger partial charge in [-0.3, -0.25) is 4.79 Å². The van der Waals surface area contributed by atoms with Crippen LogP contribution in [0.25, 0.3) is 0 Å². The molecule has 1 aliphatic heterocycles. The first-order valence-corrected chi connectivity index (χ1v) is 11.5. The van der Waals surface area contributed by atoms with Crippen LogP contribution in [0.3, 0.4) is 0 Å². The van der Waals surface area contributed by atoms with Crippen molar-refractivity contribution in [2.45, 2.75) is 83.8 Å². The lowest BCUT2D eigenvalue weighted by Crippen LogP contribution is -2.53. The lowest BCUT2D eigenvalue weighted by atomic mass is 9.46. The molecule has 4 saturated carbocycles. The Hall–Kier alpha value is -0.670. The molecule has 6 aliphatic rings. The Balaban J connectivity index is 1.42. The van der Waals surface area contributed by atoms with Crippen molar-refractivity contribution in [3.63, 3.8) is 0 Å². The number of allylic oxidation sites excluding steroid dienone is 1. The SMILES string of the molecule is CC12CCC3C(CC(C4CC4)=C4CC5(CCC43C)OCCO5)C1CCC2=O. The maximum Gasteiger partial charge on any atom is 0.172 e. The van der Waals surface area contributed by atoms with E-state index < -0.39 is 0 Å². The minimum atomic E-state index is -0.311. The molecule has 6 rings (SSSR count). The zero-order valence-electron chi connectivity index (χ0n) is 17.0. The third kappa shape index (κ3) is 2.25. The molecule has 3 nitrogen and oxygen atoms in total. The van der Waals surface area contributed by atoms with Gasteiger partial charge in [-0.15, -0.1) is 0 Å². The van der Waals surface area contributed by atoms with Gasteiger partial charge in [0.05, 0.1) is 13.2 Å². The van der Waals surface area contributed by atoms with Gasteiger partial charge in [0, 0.05) is 24.7 Å². The Morgan fingerprint density at radius 3 is 2.37 bits per heavy atom. The molecule has 1 saturated heterocycles. The maximum atomic E-state index is 12.7. The van der Waals surface area contributed by atoms with Gasteiger partial charge in [-0.25, -0.2) is 0 Å². The summed E-state index contributed by atoms with van der Waals surface area (Å²) >= 11 is 0. The van der Waals surface area contributed by atoms with Crippen LogP contribution in [0.2, 0.25) is 0 Å². The molecule has 1 spiro atoms. The first kappa shape index (κ1) is 17.2. The van der Waals surface area contributed by atoms with E-state index in [1.165, 1.54) is 32.1 Å². The summed E-state index contributed by atoms with van der Waals surface area (Å²) in [4.78, 5) is 12.7. The van der Waals surface area contributed by atoms with Crippen LogP contribution in [-0.2, 0) is 14.3 Å². The molecule has 0 radical (unpaired) electrons. The molecule has 0 aromatic carbocycles. The number of carbonyl (C=O) groups excluding carboxylic acids is 1. The molecule has 3 heteroatoms. The summed E-state index contributed by atoms with van der Waals surface area (Å²) in [7, 11) is 0. The third-order valence-corrected chi connectivity index (χ3v) is 9.85. The van der Waals surface area contributed by atoms with E-state index in [4.69, 9.17) is 9.47 Å². The number of rotatable bonds is 1. The van der Waals surface area contributed by atoms with Crippen molar-refractivity contribution in [1.82, 2.24) is 0 Å². The predicted molar refractivity (Wildman–Crippen MR) is 103 cm³/mol. The number of fused-ring (bicyclic) bond motifs is 5. The number of hydrogen-bond donors (Lipinski definition) is 0. The minimum Gasteiger partial charge on any atom is -0.347 e. The van der Waals surface area contributed by atoms with E-state index in [0.29, 0.717) is 17.1 Å². The molecule has 27 heavy (non-hydrogen) atoms. The van der Waals surface area contributed by atoms with Crippen molar-refractivity contribution in [2.75, 3.05) is 13.2 Å². The van der Waals surface area contributed by atoms with Gasteiger partial charge in [0.1, 0.15) is 5.78 Å². The van der Waals surface area contributed by atoms with Crippen molar-refractivity contribution in [3.8, 4) is 0 Å². The molecule has 5 atom stereocenters. The molecular weight excluding hydrogens is 336 g/mol. The molecular formula is C24H34O3. The molecule has 0 aromatic heterocycles. The second kappa shape index (κ2) is 5.48. The molecule has 5 aliphatic carbocycles. The van der Waals surface area contributed by atoms with Crippen LogP contribution in [0.15, 0.2) is 11.1 Å². The Morgan fingerprint density at radius 1 is 0.889 bits per heavy atom. The fraction of sp³-hybridized carbons (Fsp3) is 0.875. The first-order chi connectivity index (χ1) is 13.0. The normalized spacial score (nSPS) is 48.5. The average molecular weight is 371 g/mol. The van der Waals surface area contributed by atoms with Crippen LogP contribution in [0.1, 0.15) is 78.1 Å². The van der Waals surface area contributed by atoms with E-state index in [9.17, 15) is 4.79 Å². The van der Waals surface area contributed by atoms with Gasteiger partial charge in [-0.05, 0) is 74.0 Å². The smallest absolute Gasteiger partial charge is 0.172 e. The van der Waals surface area contributed by atoms with E-state index in [1.54, 1.807) is 11.1 Å². The molecule has 0 N–H and O–H groups in total. The Bertz CT molecular complexity index is 713. The highest BCUT2D eigenvalue weighted by Gasteiger charge is 2.62. The molecule has 0 bridgehead atoms. The average Bonchev–Trinajstić information content (AvgIpc) is 3.32. The lowest BCUT2D eigenvalue weighted by Gasteiger charge is -2.59. The molecule has 148 valence electrons. The second-order valence-electron chi connectivity index (χ2n) is 11.0. The van der Waals surface area contributed by atoms with Gasteiger partial charge in [-0.2, -0.15) is 0 Å². The van der Waals surface area contributed by atoms with E-state index >= 15 is 0 Å². The van der Waals surface area contributed by atoms with Gasteiger partial charge in [0.2, 0.25) is 0 Å².